The fourth-order valence-corrected chi connectivity index (χ4v) is 2.41. The van der Waals surface area contributed by atoms with Crippen LogP contribution in [0.15, 0.2) is 12.4 Å². The summed E-state index contributed by atoms with van der Waals surface area (Å²) in [6.07, 6.45) is 7.50. The van der Waals surface area contributed by atoms with E-state index >= 15 is 0 Å². The van der Waals surface area contributed by atoms with E-state index in [1.54, 1.807) is 0 Å². The standard InChI is InChI=1S/C12H21N3O/c1-13-12(11-5-6-16-9-11)4-3-10-7-14-15(2)8-10/h7-8,11-13H,3-6,9H2,1-2H3. The summed E-state index contributed by atoms with van der Waals surface area (Å²) in [6, 6.07) is 0.572. The van der Waals surface area contributed by atoms with Gasteiger partial charge in [-0.1, -0.05) is 0 Å². The molecule has 1 aromatic rings. The first-order valence-corrected chi connectivity index (χ1v) is 6.02. The first kappa shape index (κ1) is 11.6. The molecule has 0 aliphatic carbocycles. The van der Waals surface area contributed by atoms with E-state index in [1.165, 1.54) is 12.0 Å². The van der Waals surface area contributed by atoms with Gasteiger partial charge in [0.25, 0.3) is 0 Å². The lowest BCUT2D eigenvalue weighted by atomic mass is 9.94. The highest BCUT2D eigenvalue weighted by Crippen LogP contribution is 2.20. The van der Waals surface area contributed by atoms with Crippen LogP contribution in [-0.2, 0) is 18.2 Å². The summed E-state index contributed by atoms with van der Waals surface area (Å²) in [6.45, 7) is 1.84. The molecule has 2 atom stereocenters. The van der Waals surface area contributed by atoms with Crippen molar-refractivity contribution >= 4 is 0 Å². The molecular formula is C12H21N3O. The Morgan fingerprint density at radius 1 is 1.69 bits per heavy atom. The minimum Gasteiger partial charge on any atom is -0.381 e. The van der Waals surface area contributed by atoms with Gasteiger partial charge in [0.05, 0.1) is 12.8 Å². The lowest BCUT2D eigenvalue weighted by Crippen LogP contribution is -2.34. The lowest BCUT2D eigenvalue weighted by molar-refractivity contribution is 0.176. The Kier molecular flexibility index (Phi) is 3.96. The van der Waals surface area contributed by atoms with Crippen LogP contribution >= 0.6 is 0 Å². The number of hydrogen-bond donors (Lipinski definition) is 1. The third kappa shape index (κ3) is 2.83. The van der Waals surface area contributed by atoms with Crippen molar-refractivity contribution in [3.8, 4) is 0 Å². The van der Waals surface area contributed by atoms with Gasteiger partial charge in [-0.2, -0.15) is 5.10 Å². The second-order valence-electron chi connectivity index (χ2n) is 4.58. The summed E-state index contributed by atoms with van der Waals surface area (Å²) in [5.41, 5.74) is 1.32. The number of hydrogen-bond acceptors (Lipinski definition) is 3. The van der Waals surface area contributed by atoms with Crippen LogP contribution in [0.2, 0.25) is 0 Å². The zero-order valence-electron chi connectivity index (χ0n) is 10.1. The second kappa shape index (κ2) is 5.46. The van der Waals surface area contributed by atoms with E-state index in [2.05, 4.69) is 16.6 Å². The molecule has 0 spiro atoms. The molecule has 2 unspecified atom stereocenters. The molecule has 1 fully saturated rings. The number of nitrogens with zero attached hydrogens (tertiary/aromatic N) is 2. The predicted octanol–water partition coefficient (Wildman–Crippen LogP) is 0.977. The SMILES string of the molecule is CNC(CCc1cnn(C)c1)C1CCOC1. The normalized spacial score (nSPS) is 22.5. The van der Waals surface area contributed by atoms with E-state index in [1.807, 2.05) is 25.0 Å². The molecule has 1 N–H and O–H groups in total. The average Bonchev–Trinajstić information content (AvgIpc) is 2.91. The lowest BCUT2D eigenvalue weighted by Gasteiger charge is -2.21. The van der Waals surface area contributed by atoms with Crippen molar-refractivity contribution in [1.29, 1.82) is 0 Å². The predicted molar refractivity (Wildman–Crippen MR) is 63.3 cm³/mol. The van der Waals surface area contributed by atoms with Crippen molar-refractivity contribution in [2.24, 2.45) is 13.0 Å². The fourth-order valence-electron chi connectivity index (χ4n) is 2.41. The molecule has 90 valence electrons. The molecule has 1 aliphatic heterocycles. The van der Waals surface area contributed by atoms with Gasteiger partial charge >= 0.3 is 0 Å². The zero-order valence-corrected chi connectivity index (χ0v) is 10.1. The molecule has 0 radical (unpaired) electrons. The van der Waals surface area contributed by atoms with Crippen LogP contribution in [0, 0.1) is 5.92 Å². The van der Waals surface area contributed by atoms with Gasteiger partial charge in [-0.05, 0) is 37.8 Å². The number of rotatable bonds is 5. The van der Waals surface area contributed by atoms with E-state index in [-0.39, 0.29) is 0 Å². The topological polar surface area (TPSA) is 39.1 Å². The van der Waals surface area contributed by atoms with Crippen molar-refractivity contribution in [3.63, 3.8) is 0 Å². The fraction of sp³-hybridized carbons (Fsp3) is 0.750. The number of nitrogens with one attached hydrogen (secondary N) is 1. The summed E-state index contributed by atoms with van der Waals surface area (Å²) in [7, 11) is 4.01. The van der Waals surface area contributed by atoms with Gasteiger partial charge in [0.1, 0.15) is 0 Å². The summed E-state index contributed by atoms with van der Waals surface area (Å²) in [5.74, 6) is 0.682. The van der Waals surface area contributed by atoms with Gasteiger partial charge in [-0.25, -0.2) is 0 Å². The highest BCUT2D eigenvalue weighted by Gasteiger charge is 2.24. The Bertz CT molecular complexity index is 318. The van der Waals surface area contributed by atoms with Crippen LogP contribution in [-0.4, -0.2) is 36.1 Å². The van der Waals surface area contributed by atoms with Gasteiger partial charge in [0.15, 0.2) is 0 Å². The molecule has 1 saturated heterocycles. The Morgan fingerprint density at radius 2 is 2.56 bits per heavy atom. The van der Waals surface area contributed by atoms with Crippen LogP contribution < -0.4 is 5.32 Å². The van der Waals surface area contributed by atoms with Crippen molar-refractivity contribution in [2.75, 3.05) is 20.3 Å². The van der Waals surface area contributed by atoms with Crippen molar-refractivity contribution in [3.05, 3.63) is 18.0 Å². The maximum Gasteiger partial charge on any atom is 0.0521 e. The van der Waals surface area contributed by atoms with Crippen LogP contribution in [0.25, 0.3) is 0 Å². The van der Waals surface area contributed by atoms with Crippen LogP contribution in [0.3, 0.4) is 0 Å². The molecule has 0 amide bonds. The molecule has 16 heavy (non-hydrogen) atoms. The van der Waals surface area contributed by atoms with Crippen molar-refractivity contribution in [2.45, 2.75) is 25.3 Å². The van der Waals surface area contributed by atoms with E-state index in [0.29, 0.717) is 12.0 Å². The highest BCUT2D eigenvalue weighted by atomic mass is 16.5. The third-order valence-corrected chi connectivity index (χ3v) is 3.41. The third-order valence-electron chi connectivity index (χ3n) is 3.41. The molecule has 1 aromatic heterocycles. The molecule has 0 aromatic carbocycles. The van der Waals surface area contributed by atoms with Crippen LogP contribution in [0.4, 0.5) is 0 Å². The first-order valence-electron chi connectivity index (χ1n) is 6.02. The number of ether oxygens (including phenoxy) is 1. The van der Waals surface area contributed by atoms with Gasteiger partial charge < -0.3 is 10.1 Å². The second-order valence-corrected chi connectivity index (χ2v) is 4.58. The summed E-state index contributed by atoms with van der Waals surface area (Å²) >= 11 is 0. The Labute approximate surface area is 97.0 Å². The van der Waals surface area contributed by atoms with E-state index < -0.39 is 0 Å². The van der Waals surface area contributed by atoms with E-state index in [9.17, 15) is 0 Å². The number of aryl methyl sites for hydroxylation is 2. The summed E-state index contributed by atoms with van der Waals surface area (Å²) in [5, 5.41) is 7.60. The van der Waals surface area contributed by atoms with Gasteiger partial charge in [0, 0.05) is 25.9 Å². The largest absolute Gasteiger partial charge is 0.381 e. The molecule has 0 bridgehead atoms. The quantitative estimate of drug-likeness (QED) is 0.808. The molecule has 2 rings (SSSR count). The van der Waals surface area contributed by atoms with Gasteiger partial charge in [0.2, 0.25) is 0 Å². The summed E-state index contributed by atoms with van der Waals surface area (Å²) < 4.78 is 7.30. The summed E-state index contributed by atoms with van der Waals surface area (Å²) in [4.78, 5) is 0. The molecule has 1 aliphatic rings. The van der Waals surface area contributed by atoms with Gasteiger partial charge in [-0.15, -0.1) is 0 Å². The molecule has 2 heterocycles. The molecular weight excluding hydrogens is 202 g/mol. The molecule has 4 nitrogen and oxygen atoms in total. The smallest absolute Gasteiger partial charge is 0.0521 e. The minimum absolute atomic E-state index is 0.572. The maximum absolute atomic E-state index is 5.44. The van der Waals surface area contributed by atoms with Gasteiger partial charge in [-0.3, -0.25) is 4.68 Å². The Morgan fingerprint density at radius 3 is 3.12 bits per heavy atom. The van der Waals surface area contributed by atoms with Crippen LogP contribution in [0.1, 0.15) is 18.4 Å². The van der Waals surface area contributed by atoms with Crippen molar-refractivity contribution in [1.82, 2.24) is 15.1 Å². The highest BCUT2D eigenvalue weighted by molar-refractivity contribution is 5.04. The number of aromatic nitrogens is 2. The van der Waals surface area contributed by atoms with E-state index in [0.717, 1.165) is 26.1 Å². The maximum atomic E-state index is 5.44. The van der Waals surface area contributed by atoms with Crippen molar-refractivity contribution < 1.29 is 4.74 Å². The monoisotopic (exact) mass is 223 g/mol. The Hall–Kier alpha value is -0.870. The average molecular weight is 223 g/mol. The Balaban J connectivity index is 1.82. The zero-order chi connectivity index (χ0) is 11.4. The van der Waals surface area contributed by atoms with Crippen LogP contribution in [0.5, 0.6) is 0 Å². The molecule has 0 saturated carbocycles. The first-order chi connectivity index (χ1) is 7.79. The minimum atomic E-state index is 0.572. The van der Waals surface area contributed by atoms with E-state index in [4.69, 9.17) is 4.74 Å². The molecule has 4 heteroatoms.